The van der Waals surface area contributed by atoms with Crippen molar-refractivity contribution in [3.05, 3.63) is 0 Å². The van der Waals surface area contributed by atoms with Crippen molar-refractivity contribution >= 4 is 6.09 Å². The largest absolute Gasteiger partial charge is 0.447 e. The molecule has 2 rings (SSSR count). The second kappa shape index (κ2) is 3.51. The molecular formula is C8H15N3O2. The number of rotatable bonds is 2. The Morgan fingerprint density at radius 1 is 1.69 bits per heavy atom. The van der Waals surface area contributed by atoms with E-state index in [0.717, 1.165) is 19.5 Å². The summed E-state index contributed by atoms with van der Waals surface area (Å²) in [5, 5.41) is 3.22. The summed E-state index contributed by atoms with van der Waals surface area (Å²) in [4.78, 5) is 13.1. The molecule has 74 valence electrons. The minimum Gasteiger partial charge on any atom is -0.447 e. The summed E-state index contributed by atoms with van der Waals surface area (Å²) >= 11 is 0. The minimum atomic E-state index is -0.204. The lowest BCUT2D eigenvalue weighted by atomic mass is 10.2. The molecule has 1 amide bonds. The Hall–Kier alpha value is -0.810. The third kappa shape index (κ3) is 1.49. The van der Waals surface area contributed by atoms with Gasteiger partial charge in [0.1, 0.15) is 6.61 Å². The molecule has 3 N–H and O–H groups in total. The van der Waals surface area contributed by atoms with E-state index in [9.17, 15) is 4.79 Å². The van der Waals surface area contributed by atoms with Crippen LogP contribution in [0, 0.1) is 0 Å². The van der Waals surface area contributed by atoms with Crippen LogP contribution in [0.4, 0.5) is 4.79 Å². The summed E-state index contributed by atoms with van der Waals surface area (Å²) in [6.45, 7) is 2.78. The van der Waals surface area contributed by atoms with Crippen molar-refractivity contribution in [1.82, 2.24) is 10.2 Å². The second-order valence-electron chi connectivity index (χ2n) is 3.52. The molecule has 0 aliphatic carbocycles. The Kier molecular flexibility index (Phi) is 2.37. The highest BCUT2D eigenvalue weighted by atomic mass is 16.6. The van der Waals surface area contributed by atoms with E-state index in [1.165, 1.54) is 0 Å². The van der Waals surface area contributed by atoms with Crippen molar-refractivity contribution in [2.45, 2.75) is 18.5 Å². The predicted octanol–water partition coefficient (Wildman–Crippen LogP) is -0.872. The predicted molar refractivity (Wildman–Crippen MR) is 47.3 cm³/mol. The highest BCUT2D eigenvalue weighted by Gasteiger charge is 2.38. The van der Waals surface area contributed by atoms with Gasteiger partial charge in [-0.15, -0.1) is 0 Å². The molecule has 5 heteroatoms. The lowest BCUT2D eigenvalue weighted by Gasteiger charge is -2.25. The summed E-state index contributed by atoms with van der Waals surface area (Å²) in [6.07, 6.45) is 0.801. The van der Waals surface area contributed by atoms with Gasteiger partial charge in [0, 0.05) is 19.1 Å². The van der Waals surface area contributed by atoms with Crippen LogP contribution in [-0.2, 0) is 4.74 Å². The first kappa shape index (κ1) is 8.77. The first-order valence-corrected chi connectivity index (χ1v) is 4.69. The first-order chi connectivity index (χ1) is 6.33. The molecule has 2 saturated heterocycles. The van der Waals surface area contributed by atoms with Crippen LogP contribution in [0.2, 0.25) is 0 Å². The van der Waals surface area contributed by atoms with E-state index >= 15 is 0 Å². The van der Waals surface area contributed by atoms with Gasteiger partial charge < -0.3 is 15.8 Å². The monoisotopic (exact) mass is 185 g/mol. The van der Waals surface area contributed by atoms with Crippen molar-refractivity contribution < 1.29 is 9.53 Å². The molecule has 13 heavy (non-hydrogen) atoms. The number of nitrogens with one attached hydrogen (secondary N) is 1. The third-order valence-corrected chi connectivity index (χ3v) is 2.70. The van der Waals surface area contributed by atoms with Crippen LogP contribution in [-0.4, -0.2) is 49.3 Å². The van der Waals surface area contributed by atoms with E-state index in [4.69, 9.17) is 10.5 Å². The van der Waals surface area contributed by atoms with Gasteiger partial charge in [-0.05, 0) is 13.0 Å². The molecule has 2 aliphatic rings. The van der Waals surface area contributed by atoms with Crippen LogP contribution in [0.25, 0.3) is 0 Å². The van der Waals surface area contributed by atoms with Crippen LogP contribution < -0.4 is 11.1 Å². The van der Waals surface area contributed by atoms with E-state index in [0.29, 0.717) is 13.2 Å². The Balaban J connectivity index is 2.04. The van der Waals surface area contributed by atoms with Gasteiger partial charge >= 0.3 is 6.09 Å². The van der Waals surface area contributed by atoms with E-state index in [-0.39, 0.29) is 18.2 Å². The lowest BCUT2D eigenvalue weighted by Crippen LogP contribution is -2.46. The van der Waals surface area contributed by atoms with Crippen molar-refractivity contribution in [2.75, 3.05) is 26.2 Å². The van der Waals surface area contributed by atoms with E-state index < -0.39 is 0 Å². The highest BCUT2D eigenvalue weighted by molar-refractivity contribution is 5.70. The molecule has 0 bridgehead atoms. The average molecular weight is 185 g/mol. The zero-order chi connectivity index (χ0) is 9.26. The number of hydrogen-bond donors (Lipinski definition) is 2. The Bertz CT molecular complexity index is 204. The standard InChI is InChI=1S/C8H15N3O2/c9-3-7-5-13-8(12)11(7)6-1-2-10-4-6/h6-7,10H,1-5,9H2. The fourth-order valence-electron chi connectivity index (χ4n) is 1.98. The number of carbonyl (C=O) groups excluding carboxylic acids is 1. The molecule has 2 heterocycles. The molecule has 0 aromatic carbocycles. The number of nitrogens with zero attached hydrogens (tertiary/aromatic N) is 1. The molecular weight excluding hydrogens is 170 g/mol. The van der Waals surface area contributed by atoms with Crippen molar-refractivity contribution in [2.24, 2.45) is 5.73 Å². The van der Waals surface area contributed by atoms with Crippen LogP contribution >= 0.6 is 0 Å². The number of cyclic esters (lactones) is 1. The number of amides is 1. The molecule has 2 unspecified atom stereocenters. The molecule has 5 nitrogen and oxygen atoms in total. The Labute approximate surface area is 77.2 Å². The number of nitrogens with two attached hydrogens (primary N) is 1. The summed E-state index contributed by atoms with van der Waals surface area (Å²) < 4.78 is 4.96. The quantitative estimate of drug-likeness (QED) is 0.586. The zero-order valence-electron chi connectivity index (χ0n) is 7.53. The van der Waals surface area contributed by atoms with Gasteiger partial charge in [-0.1, -0.05) is 0 Å². The molecule has 2 atom stereocenters. The molecule has 0 spiro atoms. The Morgan fingerprint density at radius 3 is 3.15 bits per heavy atom. The van der Waals surface area contributed by atoms with Crippen molar-refractivity contribution in [3.63, 3.8) is 0 Å². The van der Waals surface area contributed by atoms with Gasteiger partial charge in [0.2, 0.25) is 0 Å². The second-order valence-corrected chi connectivity index (χ2v) is 3.52. The number of ether oxygens (including phenoxy) is 1. The molecule has 2 fully saturated rings. The van der Waals surface area contributed by atoms with E-state index in [1.54, 1.807) is 4.90 Å². The number of carbonyl (C=O) groups is 1. The smallest absolute Gasteiger partial charge is 0.410 e. The molecule has 0 aromatic rings. The molecule has 0 aromatic heterocycles. The molecule has 2 aliphatic heterocycles. The van der Waals surface area contributed by atoms with Crippen molar-refractivity contribution in [3.8, 4) is 0 Å². The van der Waals surface area contributed by atoms with Crippen LogP contribution in [0.1, 0.15) is 6.42 Å². The minimum absolute atomic E-state index is 0.0809. The third-order valence-electron chi connectivity index (χ3n) is 2.70. The Morgan fingerprint density at radius 2 is 2.54 bits per heavy atom. The highest BCUT2D eigenvalue weighted by Crippen LogP contribution is 2.18. The van der Waals surface area contributed by atoms with Gasteiger partial charge in [0.05, 0.1) is 6.04 Å². The van der Waals surface area contributed by atoms with Crippen LogP contribution in [0.5, 0.6) is 0 Å². The maximum Gasteiger partial charge on any atom is 0.410 e. The fourth-order valence-corrected chi connectivity index (χ4v) is 1.98. The van der Waals surface area contributed by atoms with Gasteiger partial charge in [-0.3, -0.25) is 4.90 Å². The first-order valence-electron chi connectivity index (χ1n) is 4.69. The van der Waals surface area contributed by atoms with Gasteiger partial charge in [0.15, 0.2) is 0 Å². The van der Waals surface area contributed by atoms with E-state index in [1.807, 2.05) is 0 Å². The lowest BCUT2D eigenvalue weighted by molar-refractivity contribution is 0.147. The fraction of sp³-hybridized carbons (Fsp3) is 0.875. The van der Waals surface area contributed by atoms with Gasteiger partial charge in [0.25, 0.3) is 0 Å². The van der Waals surface area contributed by atoms with Crippen molar-refractivity contribution in [1.29, 1.82) is 0 Å². The summed E-state index contributed by atoms with van der Waals surface area (Å²) in [5.74, 6) is 0. The maximum absolute atomic E-state index is 11.4. The van der Waals surface area contributed by atoms with E-state index in [2.05, 4.69) is 5.32 Å². The zero-order valence-corrected chi connectivity index (χ0v) is 7.53. The van der Waals surface area contributed by atoms with Gasteiger partial charge in [-0.2, -0.15) is 0 Å². The average Bonchev–Trinajstić information content (AvgIpc) is 2.72. The maximum atomic E-state index is 11.4. The summed E-state index contributed by atoms with van der Waals surface area (Å²) in [7, 11) is 0. The SMILES string of the molecule is NCC1COC(=O)N1C1CCNC1. The number of hydrogen-bond acceptors (Lipinski definition) is 4. The van der Waals surface area contributed by atoms with Crippen LogP contribution in [0.15, 0.2) is 0 Å². The normalized spacial score (nSPS) is 33.9. The van der Waals surface area contributed by atoms with Gasteiger partial charge in [-0.25, -0.2) is 4.79 Å². The van der Waals surface area contributed by atoms with Crippen LogP contribution in [0.3, 0.4) is 0 Å². The molecule has 0 radical (unpaired) electrons. The molecule has 0 saturated carbocycles. The summed E-state index contributed by atoms with van der Waals surface area (Å²) in [6, 6.07) is 0.362. The topological polar surface area (TPSA) is 67.6 Å². The summed E-state index contributed by atoms with van der Waals surface area (Å²) in [5.41, 5.74) is 5.56.